The lowest BCUT2D eigenvalue weighted by molar-refractivity contribution is 0.192. The van der Waals surface area contributed by atoms with Crippen molar-refractivity contribution in [1.29, 1.82) is 0 Å². The molecule has 0 aliphatic heterocycles. The second-order valence-corrected chi connectivity index (χ2v) is 4.94. The molecular formula is C14H24N6O. The fraction of sp³-hybridized carbons (Fsp3) is 0.643. The second kappa shape index (κ2) is 8.41. The van der Waals surface area contributed by atoms with E-state index in [1.807, 2.05) is 0 Å². The maximum absolute atomic E-state index is 5.05. The van der Waals surface area contributed by atoms with E-state index >= 15 is 0 Å². The fourth-order valence-electron chi connectivity index (χ4n) is 2.04. The lowest BCUT2D eigenvalue weighted by Crippen LogP contribution is -2.09. The first-order chi connectivity index (χ1) is 10.3. The molecule has 0 saturated heterocycles. The van der Waals surface area contributed by atoms with Crippen molar-refractivity contribution in [2.45, 2.75) is 32.6 Å². The van der Waals surface area contributed by atoms with Gasteiger partial charge in [-0.25, -0.2) is 0 Å². The standard InChI is InChI=1S/C14H24N6O/c1-3-7-16-14-18-12(11-10-17-20-13(11)19-14)15-8-5-4-6-9-21-2/h10H,3-9H2,1-2H3,(H3,15,16,17,18,19,20). The van der Waals surface area contributed by atoms with E-state index in [0.29, 0.717) is 5.95 Å². The molecule has 0 aliphatic rings. The smallest absolute Gasteiger partial charge is 0.226 e. The molecule has 3 N–H and O–H groups in total. The molecule has 0 fully saturated rings. The number of nitrogens with one attached hydrogen (secondary N) is 3. The molecule has 2 heterocycles. The highest BCUT2D eigenvalue weighted by Gasteiger charge is 2.08. The summed E-state index contributed by atoms with van der Waals surface area (Å²) < 4.78 is 5.05. The molecule has 0 bridgehead atoms. The average molecular weight is 292 g/mol. The Hall–Kier alpha value is -1.89. The number of fused-ring (bicyclic) bond motifs is 1. The Bertz CT molecular complexity index is 541. The van der Waals surface area contributed by atoms with Gasteiger partial charge in [0.25, 0.3) is 0 Å². The maximum Gasteiger partial charge on any atom is 0.226 e. The minimum atomic E-state index is 0.635. The van der Waals surface area contributed by atoms with E-state index in [2.05, 4.69) is 37.7 Å². The molecule has 0 atom stereocenters. The van der Waals surface area contributed by atoms with Crippen molar-refractivity contribution in [3.05, 3.63) is 6.20 Å². The number of anilines is 2. The molecule has 0 spiro atoms. The highest BCUT2D eigenvalue weighted by molar-refractivity contribution is 5.86. The lowest BCUT2D eigenvalue weighted by atomic mass is 10.2. The number of hydrogen-bond donors (Lipinski definition) is 3. The predicted molar refractivity (Wildman–Crippen MR) is 84.7 cm³/mol. The monoisotopic (exact) mass is 292 g/mol. The molecule has 7 heteroatoms. The van der Waals surface area contributed by atoms with Crippen LogP contribution < -0.4 is 10.6 Å². The van der Waals surface area contributed by atoms with Crippen molar-refractivity contribution in [3.8, 4) is 0 Å². The van der Waals surface area contributed by atoms with Gasteiger partial charge in [-0.1, -0.05) is 6.92 Å². The van der Waals surface area contributed by atoms with Gasteiger partial charge >= 0.3 is 0 Å². The Labute approximate surface area is 124 Å². The van der Waals surface area contributed by atoms with E-state index in [1.165, 1.54) is 0 Å². The normalized spacial score (nSPS) is 11.0. The van der Waals surface area contributed by atoms with Crippen molar-refractivity contribution in [1.82, 2.24) is 20.2 Å². The third-order valence-electron chi connectivity index (χ3n) is 3.16. The molecule has 2 aromatic heterocycles. The number of aromatic nitrogens is 4. The van der Waals surface area contributed by atoms with E-state index < -0.39 is 0 Å². The van der Waals surface area contributed by atoms with Crippen LogP contribution in [0.2, 0.25) is 0 Å². The van der Waals surface area contributed by atoms with Crippen LogP contribution in [0, 0.1) is 0 Å². The van der Waals surface area contributed by atoms with E-state index in [0.717, 1.165) is 62.2 Å². The van der Waals surface area contributed by atoms with Crippen LogP contribution in [0.25, 0.3) is 11.0 Å². The molecule has 0 amide bonds. The Kier molecular flexibility index (Phi) is 6.21. The summed E-state index contributed by atoms with van der Waals surface area (Å²) in [5, 5.41) is 14.4. The highest BCUT2D eigenvalue weighted by Crippen LogP contribution is 2.19. The number of aromatic amines is 1. The summed E-state index contributed by atoms with van der Waals surface area (Å²) in [5.41, 5.74) is 0.755. The van der Waals surface area contributed by atoms with Crippen LogP contribution in [0.15, 0.2) is 6.20 Å². The topological polar surface area (TPSA) is 87.8 Å². The van der Waals surface area contributed by atoms with Crippen molar-refractivity contribution < 1.29 is 4.74 Å². The summed E-state index contributed by atoms with van der Waals surface area (Å²) in [6.07, 6.45) is 6.11. The molecule has 7 nitrogen and oxygen atoms in total. The van der Waals surface area contributed by atoms with Crippen LogP contribution in [0.3, 0.4) is 0 Å². The Balaban J connectivity index is 1.95. The number of nitrogens with zero attached hydrogens (tertiary/aromatic N) is 3. The van der Waals surface area contributed by atoms with Gasteiger partial charge in [0, 0.05) is 26.8 Å². The molecule has 0 aromatic carbocycles. The van der Waals surface area contributed by atoms with Crippen molar-refractivity contribution in [3.63, 3.8) is 0 Å². The van der Waals surface area contributed by atoms with Gasteiger partial charge in [-0.3, -0.25) is 5.10 Å². The van der Waals surface area contributed by atoms with Gasteiger partial charge in [-0.05, 0) is 25.7 Å². The molecule has 0 unspecified atom stereocenters. The van der Waals surface area contributed by atoms with Gasteiger partial charge in [0.05, 0.1) is 11.6 Å². The van der Waals surface area contributed by atoms with Crippen molar-refractivity contribution >= 4 is 22.8 Å². The van der Waals surface area contributed by atoms with Crippen LogP contribution >= 0.6 is 0 Å². The first-order valence-electron chi connectivity index (χ1n) is 7.53. The van der Waals surface area contributed by atoms with Gasteiger partial charge < -0.3 is 15.4 Å². The Morgan fingerprint density at radius 1 is 1.14 bits per heavy atom. The van der Waals surface area contributed by atoms with Crippen molar-refractivity contribution in [2.75, 3.05) is 37.4 Å². The summed E-state index contributed by atoms with van der Waals surface area (Å²) in [5.74, 6) is 1.47. The van der Waals surface area contributed by atoms with E-state index in [4.69, 9.17) is 4.74 Å². The zero-order valence-electron chi connectivity index (χ0n) is 12.8. The van der Waals surface area contributed by atoms with Crippen LogP contribution in [0.5, 0.6) is 0 Å². The summed E-state index contributed by atoms with van der Waals surface area (Å²) in [7, 11) is 1.74. The van der Waals surface area contributed by atoms with Crippen LogP contribution in [0.4, 0.5) is 11.8 Å². The molecule has 116 valence electrons. The van der Waals surface area contributed by atoms with Crippen LogP contribution in [-0.4, -0.2) is 47.0 Å². The van der Waals surface area contributed by atoms with Gasteiger partial charge in [0.15, 0.2) is 5.65 Å². The van der Waals surface area contributed by atoms with Gasteiger partial charge in [0.1, 0.15) is 5.82 Å². The Morgan fingerprint density at radius 2 is 2.05 bits per heavy atom. The summed E-state index contributed by atoms with van der Waals surface area (Å²) in [4.78, 5) is 8.93. The summed E-state index contributed by atoms with van der Waals surface area (Å²) >= 11 is 0. The number of hydrogen-bond acceptors (Lipinski definition) is 6. The van der Waals surface area contributed by atoms with Crippen LogP contribution in [0.1, 0.15) is 32.6 Å². The van der Waals surface area contributed by atoms with Crippen LogP contribution in [-0.2, 0) is 4.74 Å². The summed E-state index contributed by atoms with van der Waals surface area (Å²) in [6.45, 7) is 4.68. The lowest BCUT2D eigenvalue weighted by Gasteiger charge is -2.09. The maximum atomic E-state index is 5.05. The molecule has 0 aliphatic carbocycles. The third kappa shape index (κ3) is 4.56. The summed E-state index contributed by atoms with van der Waals surface area (Å²) in [6, 6.07) is 0. The Morgan fingerprint density at radius 3 is 2.86 bits per heavy atom. The van der Waals surface area contributed by atoms with E-state index in [9.17, 15) is 0 Å². The molecule has 21 heavy (non-hydrogen) atoms. The zero-order chi connectivity index (χ0) is 14.9. The first-order valence-corrected chi connectivity index (χ1v) is 7.53. The van der Waals surface area contributed by atoms with Gasteiger partial charge in [0.2, 0.25) is 5.95 Å². The number of rotatable bonds is 10. The molecule has 2 rings (SSSR count). The fourth-order valence-corrected chi connectivity index (χ4v) is 2.04. The minimum Gasteiger partial charge on any atom is -0.385 e. The zero-order valence-corrected chi connectivity index (χ0v) is 12.8. The quantitative estimate of drug-likeness (QED) is 0.583. The van der Waals surface area contributed by atoms with Crippen molar-refractivity contribution in [2.24, 2.45) is 0 Å². The average Bonchev–Trinajstić information content (AvgIpc) is 2.97. The molecule has 2 aromatic rings. The minimum absolute atomic E-state index is 0.635. The number of unbranched alkanes of at least 4 members (excludes halogenated alkanes) is 2. The third-order valence-corrected chi connectivity index (χ3v) is 3.16. The SMILES string of the molecule is CCCNc1nc(NCCCCCOC)c2cn[nH]c2n1. The number of ether oxygens (including phenoxy) is 1. The predicted octanol–water partition coefficient (Wildman–Crippen LogP) is 2.40. The molecule has 0 saturated carbocycles. The van der Waals surface area contributed by atoms with E-state index in [1.54, 1.807) is 13.3 Å². The van der Waals surface area contributed by atoms with Gasteiger partial charge in [-0.15, -0.1) is 0 Å². The van der Waals surface area contributed by atoms with E-state index in [-0.39, 0.29) is 0 Å². The molecular weight excluding hydrogens is 268 g/mol. The first kappa shape index (κ1) is 15.5. The largest absolute Gasteiger partial charge is 0.385 e. The highest BCUT2D eigenvalue weighted by atomic mass is 16.5. The van der Waals surface area contributed by atoms with Gasteiger partial charge in [-0.2, -0.15) is 15.1 Å². The molecule has 0 radical (unpaired) electrons. The number of H-pyrrole nitrogens is 1. The number of methoxy groups -OCH3 is 1. The second-order valence-electron chi connectivity index (χ2n) is 4.94.